The predicted octanol–water partition coefficient (Wildman–Crippen LogP) is 3.11. The second-order valence-corrected chi connectivity index (χ2v) is 8.53. The summed E-state index contributed by atoms with van der Waals surface area (Å²) in [4.78, 5) is 0. The number of nitrogens with zero attached hydrogens (tertiary/aromatic N) is 2. The summed E-state index contributed by atoms with van der Waals surface area (Å²) < 4.78 is 17.4. The minimum atomic E-state index is -2.64. The van der Waals surface area contributed by atoms with Crippen LogP contribution < -0.4 is 5.09 Å². The second-order valence-electron chi connectivity index (χ2n) is 5.29. The first-order valence-corrected chi connectivity index (χ1v) is 9.89. The number of alkyl halides is 2. The van der Waals surface area contributed by atoms with Crippen LogP contribution in [0.4, 0.5) is 0 Å². The Balaban J connectivity index is 2.03. The van der Waals surface area contributed by atoms with Gasteiger partial charge in [-0.05, 0) is 12.8 Å². The van der Waals surface area contributed by atoms with E-state index < -0.39 is 7.59 Å². The van der Waals surface area contributed by atoms with Gasteiger partial charge in [-0.15, -0.1) is 23.2 Å². The lowest BCUT2D eigenvalue weighted by molar-refractivity contribution is 0.365. The molecule has 0 amide bonds. The zero-order valence-electron chi connectivity index (χ0n) is 11.4. The molecule has 2 rings (SSSR count). The molecule has 0 bridgehead atoms. The lowest BCUT2D eigenvalue weighted by Gasteiger charge is -2.36. The highest BCUT2D eigenvalue weighted by atomic mass is 35.5. The molecule has 4 nitrogen and oxygen atoms in total. The molecule has 1 aliphatic carbocycles. The van der Waals surface area contributed by atoms with Crippen molar-refractivity contribution in [3.63, 3.8) is 0 Å². The summed E-state index contributed by atoms with van der Waals surface area (Å²) in [5.74, 6) is 0.974. The summed E-state index contributed by atoms with van der Waals surface area (Å²) in [6.07, 6.45) is 6.05. The van der Waals surface area contributed by atoms with Gasteiger partial charge in [0.25, 0.3) is 7.59 Å². The van der Waals surface area contributed by atoms with Gasteiger partial charge in [-0.2, -0.15) is 0 Å². The van der Waals surface area contributed by atoms with E-state index >= 15 is 0 Å². The van der Waals surface area contributed by atoms with Gasteiger partial charge >= 0.3 is 0 Å². The second kappa shape index (κ2) is 7.63. The van der Waals surface area contributed by atoms with E-state index in [-0.39, 0.29) is 0 Å². The zero-order chi connectivity index (χ0) is 13.7. The van der Waals surface area contributed by atoms with Crippen LogP contribution in [0.5, 0.6) is 0 Å². The largest absolute Gasteiger partial charge is 0.284 e. The Labute approximate surface area is 126 Å². The molecule has 1 unspecified atom stereocenters. The van der Waals surface area contributed by atoms with Crippen molar-refractivity contribution >= 4 is 30.8 Å². The van der Waals surface area contributed by atoms with Gasteiger partial charge in [0.15, 0.2) is 0 Å². The fourth-order valence-electron chi connectivity index (χ4n) is 2.71. The number of nitrogens with one attached hydrogen (secondary N) is 1. The first kappa shape index (κ1) is 16.1. The molecule has 0 spiro atoms. The Morgan fingerprint density at radius 3 is 2.16 bits per heavy atom. The molecule has 1 saturated heterocycles. The van der Waals surface area contributed by atoms with E-state index in [0.717, 1.165) is 25.9 Å². The highest BCUT2D eigenvalue weighted by molar-refractivity contribution is 7.57. The highest BCUT2D eigenvalue weighted by Crippen LogP contribution is 2.54. The zero-order valence-corrected chi connectivity index (χ0v) is 13.8. The van der Waals surface area contributed by atoms with E-state index in [4.69, 9.17) is 23.2 Å². The minimum absolute atomic E-state index is 0.383. The Morgan fingerprint density at radius 1 is 1.11 bits per heavy atom. The maximum Gasteiger partial charge on any atom is 0.284 e. The van der Waals surface area contributed by atoms with E-state index in [0.29, 0.717) is 30.9 Å². The Morgan fingerprint density at radius 2 is 1.68 bits per heavy atom. The van der Waals surface area contributed by atoms with Gasteiger partial charge in [-0.1, -0.05) is 19.3 Å². The van der Waals surface area contributed by atoms with Crippen LogP contribution in [0.3, 0.4) is 0 Å². The SMILES string of the molecule is O=P(NC1CCCCC1)(N(CCCl)CCCl)N1CC1. The fourth-order valence-corrected chi connectivity index (χ4v) is 6.14. The van der Waals surface area contributed by atoms with Crippen LogP contribution in [-0.2, 0) is 4.57 Å². The number of rotatable bonds is 8. The van der Waals surface area contributed by atoms with Gasteiger partial charge in [0.2, 0.25) is 0 Å². The molecule has 0 aromatic heterocycles. The molecule has 1 saturated carbocycles. The van der Waals surface area contributed by atoms with Gasteiger partial charge in [0, 0.05) is 44.0 Å². The monoisotopic (exact) mass is 327 g/mol. The van der Waals surface area contributed by atoms with Crippen LogP contribution in [0.15, 0.2) is 0 Å². The van der Waals surface area contributed by atoms with Crippen molar-refractivity contribution < 1.29 is 4.57 Å². The Hall–Kier alpha value is 0.690. The molecule has 1 heterocycles. The minimum Gasteiger partial charge on any atom is -0.270 e. The molecule has 0 aromatic rings. The van der Waals surface area contributed by atoms with Crippen LogP contribution in [0.25, 0.3) is 0 Å². The van der Waals surface area contributed by atoms with Gasteiger partial charge in [-0.25, -0.2) is 14.4 Å². The molecule has 0 aromatic carbocycles. The third kappa shape index (κ3) is 4.33. The smallest absolute Gasteiger partial charge is 0.270 e. The topological polar surface area (TPSA) is 35.4 Å². The number of hydrogen-bond acceptors (Lipinski definition) is 1. The molecule has 1 aliphatic heterocycles. The molecule has 112 valence electrons. The van der Waals surface area contributed by atoms with Crippen molar-refractivity contribution in [3.05, 3.63) is 0 Å². The standard InChI is InChI=1S/C12H24Cl2N3OP/c13-6-8-16(9-7-14)19(18,17-10-11-17)15-12-4-2-1-3-5-12/h12H,1-11H2,(H,15,18). The molecule has 1 N–H and O–H groups in total. The van der Waals surface area contributed by atoms with E-state index in [1.54, 1.807) is 0 Å². The van der Waals surface area contributed by atoms with E-state index in [2.05, 4.69) is 5.09 Å². The number of halogens is 2. The van der Waals surface area contributed by atoms with Crippen molar-refractivity contribution in [1.82, 2.24) is 14.4 Å². The van der Waals surface area contributed by atoms with Gasteiger partial charge < -0.3 is 0 Å². The maximum atomic E-state index is 13.3. The first-order valence-electron chi connectivity index (χ1n) is 7.21. The molecule has 2 fully saturated rings. The molecular weight excluding hydrogens is 304 g/mol. The summed E-state index contributed by atoms with van der Waals surface area (Å²) >= 11 is 11.7. The average Bonchev–Trinajstić information content (AvgIpc) is 3.24. The lowest BCUT2D eigenvalue weighted by atomic mass is 9.96. The fraction of sp³-hybridized carbons (Fsp3) is 1.00. The number of hydrogen-bond donors (Lipinski definition) is 1. The summed E-state index contributed by atoms with van der Waals surface area (Å²) in [5.41, 5.74) is 0. The highest BCUT2D eigenvalue weighted by Gasteiger charge is 2.44. The summed E-state index contributed by atoms with van der Waals surface area (Å²) in [7, 11) is -2.64. The van der Waals surface area contributed by atoms with Gasteiger partial charge in [0.1, 0.15) is 0 Å². The Bertz CT molecular complexity index is 316. The average molecular weight is 328 g/mol. The lowest BCUT2D eigenvalue weighted by Crippen LogP contribution is -2.39. The van der Waals surface area contributed by atoms with E-state index in [1.165, 1.54) is 19.3 Å². The van der Waals surface area contributed by atoms with Crippen LogP contribution >= 0.6 is 30.8 Å². The van der Waals surface area contributed by atoms with Crippen LogP contribution in [0, 0.1) is 0 Å². The van der Waals surface area contributed by atoms with E-state index in [9.17, 15) is 4.57 Å². The van der Waals surface area contributed by atoms with Crippen molar-refractivity contribution in [3.8, 4) is 0 Å². The maximum absolute atomic E-state index is 13.3. The third-order valence-corrected chi connectivity index (χ3v) is 7.20. The third-order valence-electron chi connectivity index (χ3n) is 3.83. The van der Waals surface area contributed by atoms with Gasteiger partial charge in [-0.3, -0.25) is 4.57 Å². The summed E-state index contributed by atoms with van der Waals surface area (Å²) in [6.45, 7) is 3.08. The molecule has 1 atom stereocenters. The molecule has 7 heteroatoms. The Kier molecular flexibility index (Phi) is 6.45. The van der Waals surface area contributed by atoms with Crippen LogP contribution in [-0.4, -0.2) is 53.3 Å². The summed E-state index contributed by atoms with van der Waals surface area (Å²) in [6, 6.07) is 0.383. The van der Waals surface area contributed by atoms with Crippen molar-refractivity contribution in [2.24, 2.45) is 0 Å². The van der Waals surface area contributed by atoms with Gasteiger partial charge in [0.05, 0.1) is 0 Å². The molecule has 0 radical (unpaired) electrons. The van der Waals surface area contributed by atoms with Crippen LogP contribution in [0.2, 0.25) is 0 Å². The van der Waals surface area contributed by atoms with Crippen molar-refractivity contribution in [2.75, 3.05) is 37.9 Å². The van der Waals surface area contributed by atoms with E-state index in [1.807, 2.05) is 9.34 Å². The first-order chi connectivity index (χ1) is 9.20. The van der Waals surface area contributed by atoms with Crippen LogP contribution in [0.1, 0.15) is 32.1 Å². The summed E-state index contributed by atoms with van der Waals surface area (Å²) in [5, 5.41) is 3.45. The molecule has 2 aliphatic rings. The van der Waals surface area contributed by atoms with Crippen molar-refractivity contribution in [2.45, 2.75) is 38.1 Å². The predicted molar refractivity (Wildman–Crippen MR) is 82.2 cm³/mol. The normalized spacial score (nSPS) is 24.6. The quantitative estimate of drug-likeness (QED) is 0.422. The van der Waals surface area contributed by atoms with Crippen molar-refractivity contribution in [1.29, 1.82) is 0 Å². The molecular formula is C12H24Cl2N3OP. The molecule has 19 heavy (non-hydrogen) atoms.